The van der Waals surface area contributed by atoms with Crippen molar-refractivity contribution in [2.24, 2.45) is 0 Å². The Morgan fingerprint density at radius 1 is 1.19 bits per heavy atom. The summed E-state index contributed by atoms with van der Waals surface area (Å²) in [6.45, 7) is 0.450. The lowest BCUT2D eigenvalue weighted by Crippen LogP contribution is -2.28. The number of anilines is 1. The van der Waals surface area contributed by atoms with Crippen LogP contribution in [-0.2, 0) is 6.54 Å². The van der Waals surface area contributed by atoms with Crippen LogP contribution in [0.4, 0.5) is 10.5 Å². The molecule has 0 spiro atoms. The minimum absolute atomic E-state index is 0.226. The summed E-state index contributed by atoms with van der Waals surface area (Å²) in [6, 6.07) is 15.1. The van der Waals surface area contributed by atoms with E-state index >= 15 is 0 Å². The van der Waals surface area contributed by atoms with Crippen LogP contribution in [0.15, 0.2) is 53.4 Å². The molecule has 0 bridgehead atoms. The Bertz CT molecular complexity index is 617. The van der Waals surface area contributed by atoms with Gasteiger partial charge in [-0.25, -0.2) is 4.79 Å². The quantitative estimate of drug-likeness (QED) is 0.827. The first kappa shape index (κ1) is 15.3. The molecule has 2 rings (SSSR count). The fraction of sp³-hybridized carbons (Fsp3) is 0.188. The van der Waals surface area contributed by atoms with Gasteiger partial charge in [-0.15, -0.1) is 11.8 Å². The molecule has 2 N–H and O–H groups in total. The first-order chi connectivity index (χ1) is 10.2. The normalized spacial score (nSPS) is 10.0. The SMILES string of the molecule is COc1cccc(CNC(=O)Nc2cccc(SC)c2)c1. The molecule has 0 saturated heterocycles. The zero-order chi connectivity index (χ0) is 15.1. The molecule has 0 radical (unpaired) electrons. The molecule has 2 aromatic carbocycles. The summed E-state index contributed by atoms with van der Waals surface area (Å²) >= 11 is 1.64. The van der Waals surface area contributed by atoms with Crippen molar-refractivity contribution in [3.63, 3.8) is 0 Å². The van der Waals surface area contributed by atoms with Gasteiger partial charge in [0.15, 0.2) is 0 Å². The fourth-order valence-corrected chi connectivity index (χ4v) is 2.30. The number of amides is 2. The van der Waals surface area contributed by atoms with Gasteiger partial charge in [-0.3, -0.25) is 0 Å². The van der Waals surface area contributed by atoms with E-state index in [0.717, 1.165) is 21.9 Å². The van der Waals surface area contributed by atoms with Crippen LogP contribution in [0.3, 0.4) is 0 Å². The number of ether oxygens (including phenoxy) is 1. The van der Waals surface area contributed by atoms with Crippen molar-refractivity contribution in [3.8, 4) is 5.75 Å². The monoisotopic (exact) mass is 302 g/mol. The highest BCUT2D eigenvalue weighted by atomic mass is 32.2. The number of carbonyl (C=O) groups excluding carboxylic acids is 1. The third-order valence-electron chi connectivity index (χ3n) is 2.91. The molecule has 0 aliphatic rings. The number of carbonyl (C=O) groups is 1. The number of thioether (sulfide) groups is 1. The van der Waals surface area contributed by atoms with Crippen LogP contribution in [0.1, 0.15) is 5.56 Å². The maximum absolute atomic E-state index is 11.9. The van der Waals surface area contributed by atoms with Gasteiger partial charge in [-0.05, 0) is 42.2 Å². The zero-order valence-electron chi connectivity index (χ0n) is 12.1. The van der Waals surface area contributed by atoms with Crippen molar-refractivity contribution >= 4 is 23.5 Å². The second-order valence-corrected chi connectivity index (χ2v) is 5.27. The minimum atomic E-state index is -0.226. The van der Waals surface area contributed by atoms with Gasteiger partial charge in [0.05, 0.1) is 7.11 Å². The van der Waals surface area contributed by atoms with E-state index in [4.69, 9.17) is 4.74 Å². The summed E-state index contributed by atoms with van der Waals surface area (Å²) in [5.41, 5.74) is 1.77. The van der Waals surface area contributed by atoms with Crippen molar-refractivity contribution in [2.75, 3.05) is 18.7 Å². The van der Waals surface area contributed by atoms with Gasteiger partial charge in [0.1, 0.15) is 5.75 Å². The molecule has 2 aromatic rings. The predicted octanol–water partition coefficient (Wildman–Crippen LogP) is 3.74. The molecule has 0 heterocycles. The van der Waals surface area contributed by atoms with Crippen molar-refractivity contribution in [2.45, 2.75) is 11.4 Å². The highest BCUT2D eigenvalue weighted by Crippen LogP contribution is 2.18. The Balaban J connectivity index is 1.89. The van der Waals surface area contributed by atoms with Gasteiger partial charge in [0.25, 0.3) is 0 Å². The second kappa shape index (κ2) is 7.59. The van der Waals surface area contributed by atoms with E-state index in [1.165, 1.54) is 0 Å². The summed E-state index contributed by atoms with van der Waals surface area (Å²) in [4.78, 5) is 13.0. The Hall–Kier alpha value is -2.14. The standard InChI is InChI=1S/C16H18N2O2S/c1-20-14-7-3-5-12(9-14)11-17-16(19)18-13-6-4-8-15(10-13)21-2/h3-10H,11H2,1-2H3,(H2,17,18,19). The Morgan fingerprint density at radius 3 is 2.76 bits per heavy atom. The summed E-state index contributed by atoms with van der Waals surface area (Å²) < 4.78 is 5.15. The molecule has 110 valence electrons. The number of nitrogens with one attached hydrogen (secondary N) is 2. The van der Waals surface area contributed by atoms with E-state index < -0.39 is 0 Å². The van der Waals surface area contributed by atoms with Crippen molar-refractivity contribution in [1.82, 2.24) is 5.32 Å². The van der Waals surface area contributed by atoms with Gasteiger partial charge in [0.2, 0.25) is 0 Å². The lowest BCUT2D eigenvalue weighted by atomic mass is 10.2. The Labute approximate surface area is 128 Å². The molecule has 0 aliphatic carbocycles. The number of rotatable bonds is 5. The molecule has 5 heteroatoms. The molecule has 0 unspecified atom stereocenters. The average Bonchev–Trinajstić information content (AvgIpc) is 2.53. The van der Waals surface area contributed by atoms with E-state index in [2.05, 4.69) is 10.6 Å². The number of methoxy groups -OCH3 is 1. The zero-order valence-corrected chi connectivity index (χ0v) is 12.9. The summed E-state index contributed by atoms with van der Waals surface area (Å²) in [6.07, 6.45) is 2.00. The molecule has 0 aromatic heterocycles. The maximum Gasteiger partial charge on any atom is 0.319 e. The number of benzene rings is 2. The van der Waals surface area contributed by atoms with E-state index in [1.54, 1.807) is 18.9 Å². The molecule has 0 fully saturated rings. The number of hydrogen-bond acceptors (Lipinski definition) is 3. The molecule has 2 amide bonds. The lowest BCUT2D eigenvalue weighted by Gasteiger charge is -2.09. The summed E-state index contributed by atoms with van der Waals surface area (Å²) in [7, 11) is 1.62. The molecule has 21 heavy (non-hydrogen) atoms. The van der Waals surface area contributed by atoms with E-state index in [-0.39, 0.29) is 6.03 Å². The van der Waals surface area contributed by atoms with E-state index in [9.17, 15) is 4.79 Å². The van der Waals surface area contributed by atoms with Crippen LogP contribution in [0, 0.1) is 0 Å². The van der Waals surface area contributed by atoms with Gasteiger partial charge in [0, 0.05) is 17.1 Å². The molecule has 0 saturated carbocycles. The predicted molar refractivity (Wildman–Crippen MR) is 87.1 cm³/mol. The largest absolute Gasteiger partial charge is 0.497 e. The first-order valence-corrected chi connectivity index (χ1v) is 7.75. The Kier molecular flexibility index (Phi) is 5.51. The second-order valence-electron chi connectivity index (χ2n) is 4.39. The van der Waals surface area contributed by atoms with Gasteiger partial charge in [-0.2, -0.15) is 0 Å². The van der Waals surface area contributed by atoms with E-state index in [0.29, 0.717) is 6.54 Å². The van der Waals surface area contributed by atoms with Crippen LogP contribution in [-0.4, -0.2) is 19.4 Å². The summed E-state index contributed by atoms with van der Waals surface area (Å²) in [5, 5.41) is 5.64. The van der Waals surface area contributed by atoms with Crippen LogP contribution < -0.4 is 15.4 Å². The van der Waals surface area contributed by atoms with Gasteiger partial charge in [-0.1, -0.05) is 18.2 Å². The van der Waals surface area contributed by atoms with Crippen LogP contribution in [0.5, 0.6) is 5.75 Å². The third-order valence-corrected chi connectivity index (χ3v) is 3.64. The highest BCUT2D eigenvalue weighted by molar-refractivity contribution is 7.98. The summed E-state index contributed by atoms with van der Waals surface area (Å²) in [5.74, 6) is 0.780. The number of hydrogen-bond donors (Lipinski definition) is 2. The third kappa shape index (κ3) is 4.72. The average molecular weight is 302 g/mol. The molecule has 0 aliphatic heterocycles. The van der Waals surface area contributed by atoms with Crippen molar-refractivity contribution in [1.29, 1.82) is 0 Å². The van der Waals surface area contributed by atoms with Gasteiger partial charge < -0.3 is 15.4 Å². The first-order valence-electron chi connectivity index (χ1n) is 6.53. The maximum atomic E-state index is 11.9. The minimum Gasteiger partial charge on any atom is -0.497 e. The molecular weight excluding hydrogens is 284 g/mol. The topological polar surface area (TPSA) is 50.4 Å². The molecule has 0 atom stereocenters. The van der Waals surface area contributed by atoms with E-state index in [1.807, 2.05) is 54.8 Å². The Morgan fingerprint density at radius 2 is 2.00 bits per heavy atom. The molecule has 4 nitrogen and oxygen atoms in total. The van der Waals surface area contributed by atoms with Crippen LogP contribution in [0.2, 0.25) is 0 Å². The number of urea groups is 1. The molecular formula is C16H18N2O2S. The lowest BCUT2D eigenvalue weighted by molar-refractivity contribution is 0.251. The highest BCUT2D eigenvalue weighted by Gasteiger charge is 2.03. The van der Waals surface area contributed by atoms with Crippen LogP contribution >= 0.6 is 11.8 Å². The smallest absolute Gasteiger partial charge is 0.319 e. The van der Waals surface area contributed by atoms with Crippen molar-refractivity contribution in [3.05, 3.63) is 54.1 Å². The van der Waals surface area contributed by atoms with Gasteiger partial charge >= 0.3 is 6.03 Å². The fourth-order valence-electron chi connectivity index (χ4n) is 1.84. The van der Waals surface area contributed by atoms with Crippen LogP contribution in [0.25, 0.3) is 0 Å². The van der Waals surface area contributed by atoms with Crippen molar-refractivity contribution < 1.29 is 9.53 Å².